The summed E-state index contributed by atoms with van der Waals surface area (Å²) in [7, 11) is 0. The van der Waals surface area contributed by atoms with Gasteiger partial charge in [-0.25, -0.2) is 0 Å². The molecule has 8 heteroatoms. The number of hydrogen-bond donors (Lipinski definition) is 1. The molecule has 4 aliphatic rings. The number of amides is 1. The SMILES string of the molecule is O=C(COC(=O)C12C[C@@H]3C[C@@H](CC(Cl)(C3)C1)C2)Nc1ccc(OC(F)F)cc1. The number of nitrogens with one attached hydrogen (secondary N) is 1. The molecule has 1 aromatic rings. The molecule has 28 heavy (non-hydrogen) atoms. The zero-order chi connectivity index (χ0) is 19.9. The third kappa shape index (κ3) is 3.95. The van der Waals surface area contributed by atoms with Crippen molar-refractivity contribution in [3.05, 3.63) is 24.3 Å². The van der Waals surface area contributed by atoms with Gasteiger partial charge in [-0.15, -0.1) is 11.6 Å². The first-order valence-electron chi connectivity index (χ1n) is 9.46. The topological polar surface area (TPSA) is 64.6 Å². The van der Waals surface area contributed by atoms with Crippen LogP contribution in [0.4, 0.5) is 14.5 Å². The summed E-state index contributed by atoms with van der Waals surface area (Å²) >= 11 is 6.73. The summed E-state index contributed by atoms with van der Waals surface area (Å²) in [6.07, 6.45) is 5.28. The van der Waals surface area contributed by atoms with Gasteiger partial charge in [0.25, 0.3) is 5.91 Å². The minimum absolute atomic E-state index is 0.00348. The highest BCUT2D eigenvalue weighted by Gasteiger charge is 2.60. The van der Waals surface area contributed by atoms with Crippen LogP contribution in [0, 0.1) is 17.3 Å². The molecule has 4 saturated carbocycles. The van der Waals surface area contributed by atoms with Gasteiger partial charge in [0, 0.05) is 10.6 Å². The van der Waals surface area contributed by atoms with Crippen molar-refractivity contribution in [3.63, 3.8) is 0 Å². The Morgan fingerprint density at radius 2 is 1.79 bits per heavy atom. The van der Waals surface area contributed by atoms with E-state index in [9.17, 15) is 18.4 Å². The van der Waals surface area contributed by atoms with Gasteiger partial charge >= 0.3 is 12.6 Å². The van der Waals surface area contributed by atoms with Crippen LogP contribution in [0.15, 0.2) is 24.3 Å². The van der Waals surface area contributed by atoms with E-state index in [4.69, 9.17) is 16.3 Å². The highest BCUT2D eigenvalue weighted by atomic mass is 35.5. The van der Waals surface area contributed by atoms with Crippen LogP contribution in [0.2, 0.25) is 0 Å². The lowest BCUT2D eigenvalue weighted by atomic mass is 9.49. The van der Waals surface area contributed by atoms with Gasteiger partial charge < -0.3 is 14.8 Å². The highest BCUT2D eigenvalue weighted by Crippen LogP contribution is 2.64. The Labute approximate surface area is 166 Å². The van der Waals surface area contributed by atoms with Crippen molar-refractivity contribution in [2.75, 3.05) is 11.9 Å². The fourth-order valence-corrected chi connectivity index (χ4v) is 6.28. The number of rotatable bonds is 6. The first-order chi connectivity index (χ1) is 13.3. The number of carbonyl (C=O) groups is 2. The van der Waals surface area contributed by atoms with E-state index >= 15 is 0 Å². The Morgan fingerprint density at radius 1 is 1.14 bits per heavy atom. The molecular weight excluding hydrogens is 392 g/mol. The van der Waals surface area contributed by atoms with E-state index in [1.54, 1.807) is 0 Å². The quantitative estimate of drug-likeness (QED) is 0.556. The van der Waals surface area contributed by atoms with Gasteiger partial charge in [-0.3, -0.25) is 9.59 Å². The molecule has 2 unspecified atom stereocenters. The summed E-state index contributed by atoms with van der Waals surface area (Å²) in [6, 6.07) is 5.52. The lowest BCUT2D eigenvalue weighted by Gasteiger charge is -2.58. The number of alkyl halides is 3. The number of carbonyl (C=O) groups excluding carboxylic acids is 2. The van der Waals surface area contributed by atoms with Crippen LogP contribution in [0.5, 0.6) is 5.75 Å². The van der Waals surface area contributed by atoms with Gasteiger partial charge in [-0.2, -0.15) is 8.78 Å². The fraction of sp³-hybridized carbons (Fsp3) is 0.600. The van der Waals surface area contributed by atoms with Crippen LogP contribution in [0.3, 0.4) is 0 Å². The number of anilines is 1. The maximum atomic E-state index is 12.8. The van der Waals surface area contributed by atoms with Crippen LogP contribution < -0.4 is 10.1 Å². The van der Waals surface area contributed by atoms with Crippen molar-refractivity contribution in [3.8, 4) is 5.75 Å². The summed E-state index contributed by atoms with van der Waals surface area (Å²) < 4.78 is 33.9. The number of benzene rings is 1. The summed E-state index contributed by atoms with van der Waals surface area (Å²) in [4.78, 5) is 24.6. The van der Waals surface area contributed by atoms with Crippen LogP contribution in [-0.2, 0) is 14.3 Å². The van der Waals surface area contributed by atoms with Gasteiger partial charge in [0.05, 0.1) is 5.41 Å². The zero-order valence-electron chi connectivity index (χ0n) is 15.3. The summed E-state index contributed by atoms with van der Waals surface area (Å²) in [5.74, 6) is 0.114. The van der Waals surface area contributed by atoms with E-state index in [-0.39, 0.29) is 23.2 Å². The van der Waals surface area contributed by atoms with E-state index in [0.717, 1.165) is 32.1 Å². The molecule has 1 N–H and O–H groups in total. The van der Waals surface area contributed by atoms with E-state index in [1.807, 2.05) is 0 Å². The third-order valence-corrected chi connectivity index (χ3v) is 6.56. The van der Waals surface area contributed by atoms with Crippen molar-refractivity contribution in [1.82, 2.24) is 0 Å². The van der Waals surface area contributed by atoms with Gasteiger partial charge in [-0.05, 0) is 74.6 Å². The number of halogens is 3. The monoisotopic (exact) mass is 413 g/mol. The number of hydrogen-bond acceptors (Lipinski definition) is 4. The van der Waals surface area contributed by atoms with Gasteiger partial charge in [0.15, 0.2) is 6.61 Å². The first kappa shape index (κ1) is 19.4. The molecule has 152 valence electrons. The molecule has 0 spiro atoms. The molecule has 0 radical (unpaired) electrons. The molecule has 0 aliphatic heterocycles. The van der Waals surface area contributed by atoms with Crippen molar-refractivity contribution >= 4 is 29.2 Å². The van der Waals surface area contributed by atoms with E-state index in [0.29, 0.717) is 23.9 Å². The molecule has 4 bridgehead atoms. The molecule has 1 aromatic carbocycles. The summed E-state index contributed by atoms with van der Waals surface area (Å²) in [5.41, 5.74) is -0.155. The van der Waals surface area contributed by atoms with Crippen LogP contribution >= 0.6 is 11.6 Å². The molecule has 1 amide bonds. The molecule has 5 rings (SSSR count). The minimum Gasteiger partial charge on any atom is -0.455 e. The lowest BCUT2D eigenvalue weighted by molar-refractivity contribution is -0.171. The first-order valence-corrected chi connectivity index (χ1v) is 9.84. The van der Waals surface area contributed by atoms with Crippen LogP contribution in [-0.4, -0.2) is 30.0 Å². The van der Waals surface area contributed by atoms with Crippen molar-refractivity contribution in [1.29, 1.82) is 0 Å². The van der Waals surface area contributed by atoms with Gasteiger partial charge in [0.2, 0.25) is 0 Å². The molecule has 4 atom stereocenters. The van der Waals surface area contributed by atoms with Crippen molar-refractivity contribution in [2.24, 2.45) is 17.3 Å². The Balaban J connectivity index is 1.31. The zero-order valence-corrected chi connectivity index (χ0v) is 16.0. The second-order valence-electron chi connectivity index (χ2n) is 8.42. The van der Waals surface area contributed by atoms with Crippen molar-refractivity contribution < 1.29 is 27.8 Å². The summed E-state index contributed by atoms with van der Waals surface area (Å²) in [6.45, 7) is -3.29. The second-order valence-corrected chi connectivity index (χ2v) is 9.22. The molecule has 0 saturated heterocycles. The molecule has 0 heterocycles. The lowest BCUT2D eigenvalue weighted by Crippen LogP contribution is -2.56. The molecule has 5 nitrogen and oxygen atoms in total. The van der Waals surface area contributed by atoms with Crippen molar-refractivity contribution in [2.45, 2.75) is 50.0 Å². The molecule has 4 aliphatic carbocycles. The second kappa shape index (κ2) is 7.17. The largest absolute Gasteiger partial charge is 0.455 e. The Kier molecular flexibility index (Phi) is 4.98. The Morgan fingerprint density at radius 3 is 2.36 bits per heavy atom. The third-order valence-electron chi connectivity index (χ3n) is 6.12. The van der Waals surface area contributed by atoms with E-state index < -0.39 is 17.9 Å². The predicted octanol–water partition coefficient (Wildman–Crippen LogP) is 4.35. The maximum Gasteiger partial charge on any atom is 0.387 e. The summed E-state index contributed by atoms with van der Waals surface area (Å²) in [5, 5.41) is 2.57. The molecule has 0 aromatic heterocycles. The Hall–Kier alpha value is -1.89. The van der Waals surface area contributed by atoms with Gasteiger partial charge in [0.1, 0.15) is 5.75 Å². The number of esters is 1. The van der Waals surface area contributed by atoms with Crippen LogP contribution in [0.25, 0.3) is 0 Å². The number of ether oxygens (including phenoxy) is 2. The Bertz CT molecular complexity index is 756. The average Bonchev–Trinajstić information content (AvgIpc) is 2.59. The predicted molar refractivity (Wildman–Crippen MR) is 98.4 cm³/mol. The van der Waals surface area contributed by atoms with E-state index in [1.165, 1.54) is 24.3 Å². The molecular formula is C20H22ClF2NO4. The van der Waals surface area contributed by atoms with E-state index in [2.05, 4.69) is 10.1 Å². The average molecular weight is 414 g/mol. The molecule has 4 fully saturated rings. The normalized spacial score (nSPS) is 33.0. The standard InChI is InChI=1S/C20H22ClF2NO4/c21-20-8-12-5-13(9-20)7-19(6-12,11-20)17(26)27-10-16(25)24-14-1-3-15(4-2-14)28-18(22)23/h1-4,12-13,18H,5-11H2,(H,24,25)/t12-,13+,19?,20?. The van der Waals surface area contributed by atoms with Crippen LogP contribution in [0.1, 0.15) is 38.5 Å². The highest BCUT2D eigenvalue weighted by molar-refractivity contribution is 6.24. The van der Waals surface area contributed by atoms with Gasteiger partial charge in [-0.1, -0.05) is 0 Å². The fourth-order valence-electron chi connectivity index (χ4n) is 5.59. The minimum atomic E-state index is -2.91. The maximum absolute atomic E-state index is 12.8. The smallest absolute Gasteiger partial charge is 0.387 e.